The molecule has 29 heavy (non-hydrogen) atoms. The number of amides is 1. The summed E-state index contributed by atoms with van der Waals surface area (Å²) in [7, 11) is 3.10. The SMILES string of the molecule is COc1ccc(OC)c(NC(=O)CN2CCC(C(=O)c3ccc(F)cc3)CC2)c1. The molecule has 6 nitrogen and oxygen atoms in total. The fourth-order valence-electron chi connectivity index (χ4n) is 3.51. The summed E-state index contributed by atoms with van der Waals surface area (Å²) in [6, 6.07) is 10.9. The van der Waals surface area contributed by atoms with Gasteiger partial charge in [0.2, 0.25) is 5.91 Å². The fraction of sp³-hybridized carbons (Fsp3) is 0.364. The van der Waals surface area contributed by atoms with E-state index in [1.54, 1.807) is 32.4 Å². The second kappa shape index (κ2) is 9.52. The number of anilines is 1. The predicted octanol–water partition coefficient (Wildman–Crippen LogP) is 3.38. The molecule has 0 atom stereocenters. The molecule has 1 fully saturated rings. The largest absolute Gasteiger partial charge is 0.497 e. The minimum absolute atomic E-state index is 0.0372. The van der Waals surface area contributed by atoms with Crippen LogP contribution in [-0.2, 0) is 4.79 Å². The topological polar surface area (TPSA) is 67.9 Å². The minimum Gasteiger partial charge on any atom is -0.497 e. The summed E-state index contributed by atoms with van der Waals surface area (Å²) < 4.78 is 23.5. The molecular weight excluding hydrogens is 375 g/mol. The summed E-state index contributed by atoms with van der Waals surface area (Å²) in [5.74, 6) is 0.618. The number of ketones is 1. The molecule has 0 unspecified atom stereocenters. The van der Waals surface area contributed by atoms with Crippen molar-refractivity contribution in [2.24, 2.45) is 5.92 Å². The highest BCUT2D eigenvalue weighted by Crippen LogP contribution is 2.29. The lowest BCUT2D eigenvalue weighted by Crippen LogP contribution is -2.40. The maximum absolute atomic E-state index is 13.0. The summed E-state index contributed by atoms with van der Waals surface area (Å²) in [6.45, 7) is 1.54. The second-order valence-electron chi connectivity index (χ2n) is 7.04. The first-order valence-corrected chi connectivity index (χ1v) is 9.54. The number of benzene rings is 2. The molecule has 7 heteroatoms. The average molecular weight is 400 g/mol. The Bertz CT molecular complexity index is 862. The van der Waals surface area contributed by atoms with Gasteiger partial charge in [-0.2, -0.15) is 0 Å². The normalized spacial score (nSPS) is 15.0. The van der Waals surface area contributed by atoms with Gasteiger partial charge < -0.3 is 14.8 Å². The van der Waals surface area contributed by atoms with E-state index in [1.807, 2.05) is 4.90 Å². The minimum atomic E-state index is -0.352. The Kier molecular flexibility index (Phi) is 6.82. The van der Waals surface area contributed by atoms with E-state index in [1.165, 1.54) is 24.3 Å². The fourth-order valence-corrected chi connectivity index (χ4v) is 3.51. The summed E-state index contributed by atoms with van der Waals surface area (Å²) in [5.41, 5.74) is 1.09. The van der Waals surface area contributed by atoms with Gasteiger partial charge in [-0.05, 0) is 62.3 Å². The summed E-state index contributed by atoms with van der Waals surface area (Å²) in [4.78, 5) is 27.1. The van der Waals surface area contributed by atoms with E-state index < -0.39 is 0 Å². The molecule has 1 saturated heterocycles. The van der Waals surface area contributed by atoms with Crippen molar-refractivity contribution < 1.29 is 23.5 Å². The van der Waals surface area contributed by atoms with Crippen molar-refractivity contribution in [3.8, 4) is 11.5 Å². The van der Waals surface area contributed by atoms with Crippen molar-refractivity contribution in [2.75, 3.05) is 39.2 Å². The molecule has 1 aliphatic rings. The number of rotatable bonds is 7. The molecule has 154 valence electrons. The molecule has 1 heterocycles. The molecule has 3 rings (SSSR count). The molecule has 2 aromatic rings. The molecule has 0 aromatic heterocycles. The van der Waals surface area contributed by atoms with E-state index in [9.17, 15) is 14.0 Å². The Labute approximate surface area is 169 Å². The van der Waals surface area contributed by atoms with Gasteiger partial charge in [-0.3, -0.25) is 14.5 Å². The zero-order valence-electron chi connectivity index (χ0n) is 16.6. The highest BCUT2D eigenvalue weighted by atomic mass is 19.1. The quantitative estimate of drug-likeness (QED) is 0.722. The molecule has 0 bridgehead atoms. The summed E-state index contributed by atoms with van der Waals surface area (Å²) in [6.07, 6.45) is 1.35. The third-order valence-corrected chi connectivity index (χ3v) is 5.14. The lowest BCUT2D eigenvalue weighted by atomic mass is 9.89. The van der Waals surface area contributed by atoms with Crippen LogP contribution in [0.25, 0.3) is 0 Å². The number of ether oxygens (including phenoxy) is 2. The standard InChI is InChI=1S/C22H25FN2O4/c1-28-18-7-8-20(29-2)19(13-18)24-21(26)14-25-11-9-16(10-12-25)22(27)15-3-5-17(23)6-4-15/h3-8,13,16H,9-12,14H2,1-2H3,(H,24,26). The van der Waals surface area contributed by atoms with Gasteiger partial charge in [-0.25, -0.2) is 4.39 Å². The Morgan fingerprint density at radius 1 is 1.07 bits per heavy atom. The van der Waals surface area contributed by atoms with E-state index in [2.05, 4.69) is 5.32 Å². The Balaban J connectivity index is 1.52. The number of piperidine rings is 1. The van der Waals surface area contributed by atoms with Crippen LogP contribution in [0, 0.1) is 11.7 Å². The maximum atomic E-state index is 13.0. The van der Waals surface area contributed by atoms with E-state index >= 15 is 0 Å². The number of nitrogens with one attached hydrogen (secondary N) is 1. The number of likely N-dealkylation sites (tertiary alicyclic amines) is 1. The van der Waals surface area contributed by atoms with Crippen molar-refractivity contribution in [1.29, 1.82) is 0 Å². The van der Waals surface area contributed by atoms with E-state index in [4.69, 9.17) is 9.47 Å². The van der Waals surface area contributed by atoms with Crippen LogP contribution in [0.15, 0.2) is 42.5 Å². The van der Waals surface area contributed by atoms with Gasteiger partial charge in [0, 0.05) is 17.5 Å². The average Bonchev–Trinajstić information content (AvgIpc) is 2.74. The van der Waals surface area contributed by atoms with Crippen molar-refractivity contribution >= 4 is 17.4 Å². The molecule has 1 amide bonds. The number of carbonyl (C=O) groups is 2. The van der Waals surface area contributed by atoms with Crippen LogP contribution in [0.4, 0.5) is 10.1 Å². The van der Waals surface area contributed by atoms with Crippen LogP contribution in [0.5, 0.6) is 11.5 Å². The Morgan fingerprint density at radius 2 is 1.76 bits per heavy atom. The number of Topliss-reactive ketones (excluding diaryl/α,β-unsaturated/α-hetero) is 1. The monoisotopic (exact) mass is 400 g/mol. The zero-order valence-corrected chi connectivity index (χ0v) is 16.6. The summed E-state index contributed by atoms with van der Waals surface area (Å²) in [5, 5.41) is 2.86. The van der Waals surface area contributed by atoms with Gasteiger partial charge >= 0.3 is 0 Å². The Morgan fingerprint density at radius 3 is 2.38 bits per heavy atom. The van der Waals surface area contributed by atoms with Crippen LogP contribution in [0.1, 0.15) is 23.2 Å². The third kappa shape index (κ3) is 5.32. The van der Waals surface area contributed by atoms with Gasteiger partial charge in [0.1, 0.15) is 17.3 Å². The molecule has 1 aliphatic heterocycles. The first kappa shape index (κ1) is 20.8. The van der Waals surface area contributed by atoms with Gasteiger partial charge in [-0.1, -0.05) is 0 Å². The van der Waals surface area contributed by atoms with Crippen molar-refractivity contribution in [2.45, 2.75) is 12.8 Å². The number of carbonyl (C=O) groups excluding carboxylic acids is 2. The number of hydrogen-bond acceptors (Lipinski definition) is 5. The van der Waals surface area contributed by atoms with E-state index in [0.29, 0.717) is 48.7 Å². The van der Waals surface area contributed by atoms with Crippen molar-refractivity contribution in [1.82, 2.24) is 4.90 Å². The van der Waals surface area contributed by atoms with Crippen LogP contribution in [0.2, 0.25) is 0 Å². The molecule has 0 saturated carbocycles. The maximum Gasteiger partial charge on any atom is 0.238 e. The zero-order chi connectivity index (χ0) is 20.8. The first-order valence-electron chi connectivity index (χ1n) is 9.54. The van der Waals surface area contributed by atoms with Gasteiger partial charge in [0.15, 0.2) is 5.78 Å². The van der Waals surface area contributed by atoms with Crippen LogP contribution in [-0.4, -0.2) is 50.4 Å². The Hall–Kier alpha value is -2.93. The molecular formula is C22H25FN2O4. The number of methoxy groups -OCH3 is 2. The summed E-state index contributed by atoms with van der Waals surface area (Å²) >= 11 is 0. The van der Waals surface area contributed by atoms with Crippen LogP contribution < -0.4 is 14.8 Å². The highest BCUT2D eigenvalue weighted by molar-refractivity contribution is 5.98. The van der Waals surface area contributed by atoms with Gasteiger partial charge in [0.25, 0.3) is 0 Å². The third-order valence-electron chi connectivity index (χ3n) is 5.14. The second-order valence-corrected chi connectivity index (χ2v) is 7.04. The van der Waals surface area contributed by atoms with Crippen LogP contribution in [0.3, 0.4) is 0 Å². The molecule has 1 N–H and O–H groups in total. The molecule has 2 aromatic carbocycles. The molecule has 0 radical (unpaired) electrons. The number of hydrogen-bond donors (Lipinski definition) is 1. The first-order chi connectivity index (χ1) is 14.0. The van der Waals surface area contributed by atoms with Gasteiger partial charge in [-0.15, -0.1) is 0 Å². The van der Waals surface area contributed by atoms with Crippen LogP contribution >= 0.6 is 0 Å². The lowest BCUT2D eigenvalue weighted by Gasteiger charge is -2.30. The lowest BCUT2D eigenvalue weighted by molar-refractivity contribution is -0.117. The number of halogens is 1. The molecule has 0 spiro atoms. The molecule has 0 aliphatic carbocycles. The van der Waals surface area contributed by atoms with E-state index in [-0.39, 0.29) is 30.0 Å². The smallest absolute Gasteiger partial charge is 0.238 e. The van der Waals surface area contributed by atoms with Crippen molar-refractivity contribution in [3.05, 3.63) is 53.8 Å². The van der Waals surface area contributed by atoms with E-state index in [0.717, 1.165) is 0 Å². The highest BCUT2D eigenvalue weighted by Gasteiger charge is 2.26. The van der Waals surface area contributed by atoms with Gasteiger partial charge in [0.05, 0.1) is 26.5 Å². The van der Waals surface area contributed by atoms with Crippen molar-refractivity contribution in [3.63, 3.8) is 0 Å². The number of nitrogens with zero attached hydrogens (tertiary/aromatic N) is 1. The predicted molar refractivity (Wildman–Crippen MR) is 108 cm³/mol.